The van der Waals surface area contributed by atoms with Gasteiger partial charge in [0.2, 0.25) is 5.91 Å². The zero-order valence-electron chi connectivity index (χ0n) is 10.6. The average Bonchev–Trinajstić information content (AvgIpc) is 2.92. The van der Waals surface area contributed by atoms with Gasteiger partial charge in [-0.05, 0) is 18.6 Å². The van der Waals surface area contributed by atoms with Crippen molar-refractivity contribution in [2.24, 2.45) is 0 Å². The van der Waals surface area contributed by atoms with Crippen LogP contribution in [0, 0.1) is 0 Å². The highest BCUT2D eigenvalue weighted by Crippen LogP contribution is 2.10. The Kier molecular flexibility index (Phi) is 4.02. The van der Waals surface area contributed by atoms with Crippen LogP contribution in [0.5, 0.6) is 0 Å². The van der Waals surface area contributed by atoms with Gasteiger partial charge in [0.1, 0.15) is 0 Å². The second-order valence-electron chi connectivity index (χ2n) is 4.40. The van der Waals surface area contributed by atoms with E-state index < -0.39 is 0 Å². The van der Waals surface area contributed by atoms with Crippen LogP contribution < -0.4 is 0 Å². The fourth-order valence-corrected chi connectivity index (χ4v) is 2.09. The first-order valence-corrected chi connectivity index (χ1v) is 6.33. The van der Waals surface area contributed by atoms with E-state index in [1.165, 1.54) is 6.26 Å². The molecule has 98 valence electrons. The lowest BCUT2D eigenvalue weighted by atomic mass is 10.2. The summed E-state index contributed by atoms with van der Waals surface area (Å²) in [6, 6.07) is 3.37. The number of hydrogen-bond acceptors (Lipinski definition) is 3. The third-order valence-electron chi connectivity index (χ3n) is 3.12. The van der Waals surface area contributed by atoms with Gasteiger partial charge in [0.25, 0.3) is 5.91 Å². The van der Waals surface area contributed by atoms with Crippen LogP contribution >= 0.6 is 0 Å². The van der Waals surface area contributed by atoms with Crippen molar-refractivity contribution in [2.45, 2.75) is 19.8 Å². The summed E-state index contributed by atoms with van der Waals surface area (Å²) in [7, 11) is 0. The predicted molar refractivity (Wildman–Crippen MR) is 66.1 cm³/mol. The maximum absolute atomic E-state index is 12.0. The Morgan fingerprint density at radius 3 is 2.44 bits per heavy atom. The smallest absolute Gasteiger partial charge is 0.289 e. The van der Waals surface area contributed by atoms with E-state index in [9.17, 15) is 9.59 Å². The summed E-state index contributed by atoms with van der Waals surface area (Å²) in [6.07, 6.45) is 2.95. The second kappa shape index (κ2) is 5.71. The summed E-state index contributed by atoms with van der Waals surface area (Å²) in [4.78, 5) is 27.3. The van der Waals surface area contributed by atoms with Crippen molar-refractivity contribution in [1.82, 2.24) is 9.80 Å². The first-order valence-electron chi connectivity index (χ1n) is 6.33. The molecular weight excluding hydrogens is 232 g/mol. The van der Waals surface area contributed by atoms with Crippen LogP contribution in [0.3, 0.4) is 0 Å². The highest BCUT2D eigenvalue weighted by molar-refractivity contribution is 5.91. The lowest BCUT2D eigenvalue weighted by Crippen LogP contribution is -2.50. The van der Waals surface area contributed by atoms with E-state index in [2.05, 4.69) is 0 Å². The Balaban J connectivity index is 1.87. The van der Waals surface area contributed by atoms with Gasteiger partial charge in [-0.3, -0.25) is 9.59 Å². The van der Waals surface area contributed by atoms with Gasteiger partial charge in [-0.2, -0.15) is 0 Å². The Labute approximate surface area is 106 Å². The van der Waals surface area contributed by atoms with Gasteiger partial charge in [-0.15, -0.1) is 0 Å². The number of furan rings is 1. The first-order chi connectivity index (χ1) is 8.72. The fourth-order valence-electron chi connectivity index (χ4n) is 2.09. The van der Waals surface area contributed by atoms with Gasteiger partial charge in [-0.1, -0.05) is 6.92 Å². The molecule has 18 heavy (non-hydrogen) atoms. The molecule has 0 aromatic carbocycles. The third kappa shape index (κ3) is 2.72. The Morgan fingerprint density at radius 1 is 1.22 bits per heavy atom. The summed E-state index contributed by atoms with van der Waals surface area (Å²) in [5.74, 6) is 0.452. The van der Waals surface area contributed by atoms with Crippen LogP contribution in [-0.4, -0.2) is 47.8 Å². The summed E-state index contributed by atoms with van der Waals surface area (Å²) in [6.45, 7) is 4.38. The maximum atomic E-state index is 12.0. The number of carbonyl (C=O) groups excluding carboxylic acids is 2. The largest absolute Gasteiger partial charge is 0.459 e. The molecule has 2 heterocycles. The molecule has 0 saturated carbocycles. The average molecular weight is 250 g/mol. The SMILES string of the molecule is CCCC(=O)N1CCN(C(=O)c2ccco2)CC1. The summed E-state index contributed by atoms with van der Waals surface area (Å²) in [5, 5.41) is 0. The van der Waals surface area contributed by atoms with Crippen LogP contribution in [-0.2, 0) is 4.79 Å². The molecule has 0 aliphatic carbocycles. The van der Waals surface area contributed by atoms with Crippen molar-refractivity contribution in [2.75, 3.05) is 26.2 Å². The zero-order valence-corrected chi connectivity index (χ0v) is 10.6. The van der Waals surface area contributed by atoms with Gasteiger partial charge in [0.05, 0.1) is 6.26 Å². The number of piperazine rings is 1. The molecule has 0 spiro atoms. The van der Waals surface area contributed by atoms with Gasteiger partial charge in [0, 0.05) is 32.6 Å². The normalized spacial score (nSPS) is 15.8. The lowest BCUT2D eigenvalue weighted by molar-refractivity contribution is -0.132. The highest BCUT2D eigenvalue weighted by Gasteiger charge is 2.25. The number of hydrogen-bond donors (Lipinski definition) is 0. The number of amides is 2. The maximum Gasteiger partial charge on any atom is 0.289 e. The summed E-state index contributed by atoms with van der Waals surface area (Å²) >= 11 is 0. The molecule has 2 rings (SSSR count). The number of nitrogens with zero attached hydrogens (tertiary/aromatic N) is 2. The molecule has 5 nitrogen and oxygen atoms in total. The number of rotatable bonds is 3. The highest BCUT2D eigenvalue weighted by atomic mass is 16.3. The molecule has 0 radical (unpaired) electrons. The molecule has 1 aromatic rings. The van der Waals surface area contributed by atoms with E-state index in [-0.39, 0.29) is 11.8 Å². The van der Waals surface area contributed by atoms with Gasteiger partial charge in [0.15, 0.2) is 5.76 Å². The molecule has 1 fully saturated rings. The van der Waals surface area contributed by atoms with Crippen molar-refractivity contribution >= 4 is 11.8 Å². The van der Waals surface area contributed by atoms with Crippen molar-refractivity contribution in [3.05, 3.63) is 24.2 Å². The van der Waals surface area contributed by atoms with E-state index in [1.54, 1.807) is 17.0 Å². The molecule has 1 aliphatic heterocycles. The van der Waals surface area contributed by atoms with Crippen LogP contribution in [0.25, 0.3) is 0 Å². The van der Waals surface area contributed by atoms with Crippen molar-refractivity contribution in [3.8, 4) is 0 Å². The quantitative estimate of drug-likeness (QED) is 0.814. The minimum absolute atomic E-state index is 0.0948. The molecule has 5 heteroatoms. The van der Waals surface area contributed by atoms with E-state index in [0.717, 1.165) is 6.42 Å². The van der Waals surface area contributed by atoms with Crippen LogP contribution in [0.2, 0.25) is 0 Å². The molecule has 0 atom stereocenters. The Bertz CT molecular complexity index is 406. The van der Waals surface area contributed by atoms with E-state index in [4.69, 9.17) is 4.42 Å². The third-order valence-corrected chi connectivity index (χ3v) is 3.12. The number of carbonyl (C=O) groups is 2. The fraction of sp³-hybridized carbons (Fsp3) is 0.538. The molecule has 2 amide bonds. The Hall–Kier alpha value is -1.78. The zero-order chi connectivity index (χ0) is 13.0. The standard InChI is InChI=1S/C13H18N2O3/c1-2-4-12(16)14-6-8-15(9-7-14)13(17)11-5-3-10-18-11/h3,5,10H,2,4,6-9H2,1H3. The molecule has 0 bridgehead atoms. The summed E-state index contributed by atoms with van der Waals surface area (Å²) in [5.41, 5.74) is 0. The summed E-state index contributed by atoms with van der Waals surface area (Å²) < 4.78 is 5.09. The van der Waals surface area contributed by atoms with E-state index in [0.29, 0.717) is 38.4 Å². The molecule has 1 aliphatic rings. The van der Waals surface area contributed by atoms with E-state index in [1.807, 2.05) is 11.8 Å². The Morgan fingerprint density at radius 2 is 1.89 bits per heavy atom. The minimum Gasteiger partial charge on any atom is -0.459 e. The first kappa shape index (κ1) is 12.7. The van der Waals surface area contributed by atoms with E-state index >= 15 is 0 Å². The predicted octanol–water partition coefficient (Wildman–Crippen LogP) is 1.36. The monoisotopic (exact) mass is 250 g/mol. The van der Waals surface area contributed by atoms with Crippen LogP contribution in [0.1, 0.15) is 30.3 Å². The lowest BCUT2D eigenvalue weighted by Gasteiger charge is -2.34. The molecular formula is C13H18N2O3. The van der Waals surface area contributed by atoms with Gasteiger partial charge < -0.3 is 14.2 Å². The van der Waals surface area contributed by atoms with Crippen LogP contribution in [0.15, 0.2) is 22.8 Å². The second-order valence-corrected chi connectivity index (χ2v) is 4.40. The van der Waals surface area contributed by atoms with Crippen molar-refractivity contribution in [3.63, 3.8) is 0 Å². The molecule has 1 saturated heterocycles. The topological polar surface area (TPSA) is 53.8 Å². The molecule has 1 aromatic heterocycles. The van der Waals surface area contributed by atoms with Gasteiger partial charge in [-0.25, -0.2) is 0 Å². The van der Waals surface area contributed by atoms with Gasteiger partial charge >= 0.3 is 0 Å². The van der Waals surface area contributed by atoms with Crippen LogP contribution in [0.4, 0.5) is 0 Å². The minimum atomic E-state index is -0.0948. The van der Waals surface area contributed by atoms with Crippen molar-refractivity contribution in [1.29, 1.82) is 0 Å². The van der Waals surface area contributed by atoms with Crippen molar-refractivity contribution < 1.29 is 14.0 Å². The molecule has 0 unspecified atom stereocenters. The molecule has 0 N–H and O–H groups in total.